The summed E-state index contributed by atoms with van der Waals surface area (Å²) in [6.45, 7) is 16.4. The topological polar surface area (TPSA) is 30.9 Å². The lowest BCUT2D eigenvalue weighted by Gasteiger charge is -2.24. The van der Waals surface area contributed by atoms with Crippen molar-refractivity contribution >= 4 is 5.96 Å². The molecule has 0 aromatic rings. The molecule has 4 nitrogen and oxygen atoms in total. The van der Waals surface area contributed by atoms with Crippen molar-refractivity contribution in [1.29, 1.82) is 0 Å². The molecule has 1 unspecified atom stereocenters. The third-order valence-electron chi connectivity index (χ3n) is 4.12. The zero-order chi connectivity index (χ0) is 15.5. The average molecular weight is 294 g/mol. The van der Waals surface area contributed by atoms with E-state index in [9.17, 15) is 0 Å². The molecule has 1 saturated heterocycles. The predicted molar refractivity (Wildman–Crippen MR) is 92.9 cm³/mol. The van der Waals surface area contributed by atoms with E-state index >= 15 is 0 Å². The molecule has 0 amide bonds. The summed E-state index contributed by atoms with van der Waals surface area (Å²) in [5.41, 5.74) is 0. The van der Waals surface area contributed by atoms with E-state index in [1.165, 1.54) is 13.0 Å². The standard InChI is InChI=1S/C17H34N4/c1-5-9-10-12-19-17(18-6-2)21-13-11-16(15-21)14-20(7-3)8-4/h5,9,16H,6-8,10-15H2,1-4H3,(H,18,19)/b9-5+. The number of nitrogens with one attached hydrogen (secondary N) is 1. The number of hydrogen-bond acceptors (Lipinski definition) is 2. The Labute approximate surface area is 131 Å². The summed E-state index contributed by atoms with van der Waals surface area (Å²) in [6.07, 6.45) is 6.59. The lowest BCUT2D eigenvalue weighted by molar-refractivity contribution is 0.255. The third kappa shape index (κ3) is 6.51. The molecule has 1 rings (SSSR count). The monoisotopic (exact) mass is 294 g/mol. The highest BCUT2D eigenvalue weighted by atomic mass is 15.3. The molecule has 1 fully saturated rings. The van der Waals surface area contributed by atoms with E-state index in [0.717, 1.165) is 57.6 Å². The van der Waals surface area contributed by atoms with Crippen molar-refractivity contribution in [3.8, 4) is 0 Å². The van der Waals surface area contributed by atoms with Crippen molar-refractivity contribution in [3.05, 3.63) is 12.2 Å². The van der Waals surface area contributed by atoms with Crippen LogP contribution in [0.2, 0.25) is 0 Å². The minimum absolute atomic E-state index is 0.782. The Bertz CT molecular complexity index is 321. The second kappa shape index (κ2) is 10.7. The molecule has 0 spiro atoms. The fraction of sp³-hybridized carbons (Fsp3) is 0.824. The molecule has 0 aromatic carbocycles. The Morgan fingerprint density at radius 3 is 2.71 bits per heavy atom. The molecule has 1 aliphatic heterocycles. The van der Waals surface area contributed by atoms with E-state index in [1.807, 2.05) is 0 Å². The van der Waals surface area contributed by atoms with Crippen LogP contribution in [0.3, 0.4) is 0 Å². The number of likely N-dealkylation sites (tertiary alicyclic amines) is 1. The van der Waals surface area contributed by atoms with Crippen LogP contribution in [0.5, 0.6) is 0 Å². The lowest BCUT2D eigenvalue weighted by Crippen LogP contribution is -2.41. The smallest absolute Gasteiger partial charge is 0.193 e. The van der Waals surface area contributed by atoms with Crippen molar-refractivity contribution < 1.29 is 0 Å². The molecule has 21 heavy (non-hydrogen) atoms. The predicted octanol–water partition coefficient (Wildman–Crippen LogP) is 2.58. The van der Waals surface area contributed by atoms with Crippen LogP contribution in [-0.2, 0) is 0 Å². The number of guanidine groups is 1. The van der Waals surface area contributed by atoms with Gasteiger partial charge in [-0.1, -0.05) is 26.0 Å². The third-order valence-corrected chi connectivity index (χ3v) is 4.12. The summed E-state index contributed by atoms with van der Waals surface area (Å²) in [4.78, 5) is 9.72. The van der Waals surface area contributed by atoms with Gasteiger partial charge < -0.3 is 15.1 Å². The Morgan fingerprint density at radius 1 is 1.33 bits per heavy atom. The molecule has 1 heterocycles. The SMILES string of the molecule is C/C=C/CCN=C(NCC)N1CCC(CN(CC)CC)C1. The number of allylic oxidation sites excluding steroid dienone is 1. The first-order valence-electron chi connectivity index (χ1n) is 8.61. The summed E-state index contributed by atoms with van der Waals surface area (Å²) < 4.78 is 0. The van der Waals surface area contributed by atoms with Gasteiger partial charge in [0.05, 0.1) is 0 Å². The van der Waals surface area contributed by atoms with Crippen LogP contribution in [0.15, 0.2) is 17.1 Å². The number of hydrogen-bond donors (Lipinski definition) is 1. The number of aliphatic imine (C=N–C) groups is 1. The molecule has 1 atom stereocenters. The minimum Gasteiger partial charge on any atom is -0.357 e. The Balaban J connectivity index is 2.49. The lowest BCUT2D eigenvalue weighted by atomic mass is 10.1. The Hall–Kier alpha value is -1.03. The molecule has 0 bridgehead atoms. The van der Waals surface area contributed by atoms with E-state index in [4.69, 9.17) is 4.99 Å². The maximum absolute atomic E-state index is 4.75. The zero-order valence-corrected chi connectivity index (χ0v) is 14.4. The molecule has 4 heteroatoms. The molecular weight excluding hydrogens is 260 g/mol. The normalized spacial score (nSPS) is 20.0. The van der Waals surface area contributed by atoms with Gasteiger partial charge in [0.1, 0.15) is 0 Å². The van der Waals surface area contributed by atoms with Crippen molar-refractivity contribution in [2.75, 3.05) is 45.8 Å². The first-order valence-corrected chi connectivity index (χ1v) is 8.61. The zero-order valence-electron chi connectivity index (χ0n) is 14.4. The number of rotatable bonds is 8. The highest BCUT2D eigenvalue weighted by Crippen LogP contribution is 2.17. The highest BCUT2D eigenvalue weighted by molar-refractivity contribution is 5.80. The average Bonchev–Trinajstić information content (AvgIpc) is 2.96. The van der Waals surface area contributed by atoms with Crippen LogP contribution in [0.1, 0.15) is 40.5 Å². The van der Waals surface area contributed by atoms with Gasteiger partial charge >= 0.3 is 0 Å². The van der Waals surface area contributed by atoms with Crippen LogP contribution < -0.4 is 5.32 Å². The van der Waals surface area contributed by atoms with E-state index in [-0.39, 0.29) is 0 Å². The van der Waals surface area contributed by atoms with Crippen molar-refractivity contribution in [3.63, 3.8) is 0 Å². The van der Waals surface area contributed by atoms with Gasteiger partial charge in [-0.25, -0.2) is 0 Å². The highest BCUT2D eigenvalue weighted by Gasteiger charge is 2.25. The van der Waals surface area contributed by atoms with Gasteiger partial charge in [-0.3, -0.25) is 4.99 Å². The van der Waals surface area contributed by atoms with Gasteiger partial charge in [0, 0.05) is 32.7 Å². The van der Waals surface area contributed by atoms with Crippen LogP contribution >= 0.6 is 0 Å². The van der Waals surface area contributed by atoms with Crippen molar-refractivity contribution in [1.82, 2.24) is 15.1 Å². The van der Waals surface area contributed by atoms with E-state index < -0.39 is 0 Å². The summed E-state index contributed by atoms with van der Waals surface area (Å²) >= 11 is 0. The number of nitrogens with zero attached hydrogens (tertiary/aromatic N) is 3. The summed E-state index contributed by atoms with van der Waals surface area (Å²) in [7, 11) is 0. The second-order valence-electron chi connectivity index (χ2n) is 5.68. The van der Waals surface area contributed by atoms with Crippen LogP contribution in [0.4, 0.5) is 0 Å². The maximum atomic E-state index is 4.75. The summed E-state index contributed by atoms with van der Waals surface area (Å²) in [5, 5.41) is 3.44. The van der Waals surface area contributed by atoms with Gasteiger partial charge in [0.2, 0.25) is 0 Å². The molecule has 0 aliphatic carbocycles. The largest absolute Gasteiger partial charge is 0.357 e. The van der Waals surface area contributed by atoms with Crippen molar-refractivity contribution in [2.24, 2.45) is 10.9 Å². The Morgan fingerprint density at radius 2 is 2.10 bits per heavy atom. The van der Waals surface area contributed by atoms with E-state index in [0.29, 0.717) is 0 Å². The molecule has 1 N–H and O–H groups in total. The second-order valence-corrected chi connectivity index (χ2v) is 5.68. The van der Waals surface area contributed by atoms with Gasteiger partial charge in [0.15, 0.2) is 5.96 Å². The molecule has 1 aliphatic rings. The van der Waals surface area contributed by atoms with Crippen LogP contribution in [0.25, 0.3) is 0 Å². The van der Waals surface area contributed by atoms with Gasteiger partial charge in [-0.2, -0.15) is 0 Å². The fourth-order valence-electron chi connectivity index (χ4n) is 2.86. The molecule has 0 saturated carbocycles. The first kappa shape index (κ1) is 18.0. The fourth-order valence-corrected chi connectivity index (χ4v) is 2.86. The van der Waals surface area contributed by atoms with Gasteiger partial charge in [-0.05, 0) is 45.7 Å². The van der Waals surface area contributed by atoms with Gasteiger partial charge in [-0.15, -0.1) is 0 Å². The van der Waals surface area contributed by atoms with Crippen LogP contribution in [0, 0.1) is 5.92 Å². The van der Waals surface area contributed by atoms with Gasteiger partial charge in [0.25, 0.3) is 0 Å². The molecule has 0 radical (unpaired) electrons. The van der Waals surface area contributed by atoms with Crippen LogP contribution in [-0.4, -0.2) is 61.6 Å². The Kier molecular flexibility index (Phi) is 9.15. The van der Waals surface area contributed by atoms with E-state index in [1.54, 1.807) is 0 Å². The van der Waals surface area contributed by atoms with E-state index in [2.05, 4.69) is 55.0 Å². The minimum atomic E-state index is 0.782. The maximum Gasteiger partial charge on any atom is 0.193 e. The summed E-state index contributed by atoms with van der Waals surface area (Å²) in [5.74, 6) is 1.88. The molecule has 0 aromatic heterocycles. The summed E-state index contributed by atoms with van der Waals surface area (Å²) in [6, 6.07) is 0. The molecular formula is C17H34N4. The molecule has 122 valence electrons. The first-order chi connectivity index (χ1) is 10.2. The van der Waals surface area contributed by atoms with Crippen molar-refractivity contribution in [2.45, 2.75) is 40.5 Å². The quantitative estimate of drug-likeness (QED) is 0.323.